The van der Waals surface area contributed by atoms with Crippen molar-refractivity contribution in [3.05, 3.63) is 52.8 Å². The maximum atomic E-state index is 10.9. The van der Waals surface area contributed by atoms with Crippen LogP contribution in [-0.2, 0) is 6.54 Å². The van der Waals surface area contributed by atoms with Gasteiger partial charge in [-0.05, 0) is 23.8 Å². The van der Waals surface area contributed by atoms with Crippen LogP contribution >= 0.6 is 0 Å². The van der Waals surface area contributed by atoms with Crippen molar-refractivity contribution in [2.24, 2.45) is 0 Å². The molecule has 112 valence electrons. The summed E-state index contributed by atoms with van der Waals surface area (Å²) in [5.41, 5.74) is 1.89. The van der Waals surface area contributed by atoms with E-state index in [2.05, 4.69) is 11.5 Å². The largest absolute Gasteiger partial charge is 1.00 e. The first-order valence-electron chi connectivity index (χ1n) is 6.47. The zero-order valence-electron chi connectivity index (χ0n) is 12.0. The number of benzene rings is 1. The van der Waals surface area contributed by atoms with E-state index < -0.39 is 4.92 Å². The van der Waals surface area contributed by atoms with Crippen LogP contribution in [0.4, 0.5) is 5.69 Å². The lowest BCUT2D eigenvalue weighted by Crippen LogP contribution is -3.00. The summed E-state index contributed by atoms with van der Waals surface area (Å²) < 4.78 is 7.20. The quantitative estimate of drug-likeness (QED) is 0.307. The van der Waals surface area contributed by atoms with Crippen LogP contribution in [0, 0.1) is 10.1 Å². The van der Waals surface area contributed by atoms with E-state index in [0.29, 0.717) is 0 Å². The zero-order valence-corrected chi connectivity index (χ0v) is 14.1. The van der Waals surface area contributed by atoms with Crippen molar-refractivity contribution in [3.63, 3.8) is 0 Å². The number of ether oxygens (including phenoxy) is 1. The summed E-state index contributed by atoms with van der Waals surface area (Å²) in [5.74, 6) is 0.276. The molecule has 0 aliphatic carbocycles. The van der Waals surface area contributed by atoms with Gasteiger partial charge in [-0.2, -0.15) is 0 Å². The molecule has 21 heavy (non-hydrogen) atoms. The molecule has 1 aromatic heterocycles. The number of hydrogen-bond acceptors (Lipinski definition) is 3. The summed E-state index contributed by atoms with van der Waals surface area (Å²) in [7, 11) is 1.44. The van der Waals surface area contributed by atoms with Gasteiger partial charge < -0.3 is 28.7 Å². The Morgan fingerprint density at radius 3 is 2.67 bits per heavy atom. The van der Waals surface area contributed by atoms with Gasteiger partial charge in [0.05, 0.1) is 12.0 Å². The number of halogens is 1. The molecule has 5 nitrogen and oxygen atoms in total. The van der Waals surface area contributed by atoms with E-state index in [1.165, 1.54) is 13.2 Å². The highest BCUT2D eigenvalue weighted by molar-refractivity contribution is 5.67. The van der Waals surface area contributed by atoms with Gasteiger partial charge in [0.25, 0.3) is 0 Å². The van der Waals surface area contributed by atoms with E-state index >= 15 is 0 Å². The summed E-state index contributed by atoms with van der Waals surface area (Å²) in [5, 5.41) is 10.9. The average Bonchev–Trinajstić information content (AvgIpc) is 2.47. The van der Waals surface area contributed by atoms with Gasteiger partial charge in [-0.3, -0.25) is 10.1 Å². The Bertz CT molecular complexity index is 632. The molecule has 1 heterocycles. The SMILES string of the molecule is CCC[n+]1cccc(-c2ccc([N+](=O)[O-])c(OC)c2)c1.[I-]. The van der Waals surface area contributed by atoms with Crippen molar-refractivity contribution in [3.8, 4) is 16.9 Å². The van der Waals surface area contributed by atoms with Crippen molar-refractivity contribution < 1.29 is 38.2 Å². The number of pyridine rings is 1. The van der Waals surface area contributed by atoms with Crippen LogP contribution in [0.25, 0.3) is 11.1 Å². The molecular weight excluding hydrogens is 383 g/mol. The van der Waals surface area contributed by atoms with Gasteiger partial charge >= 0.3 is 5.69 Å². The number of aryl methyl sites for hydroxylation is 1. The number of methoxy groups -OCH3 is 1. The number of nitro benzene ring substituents is 1. The Hall–Kier alpha value is -1.70. The molecule has 0 radical (unpaired) electrons. The molecule has 0 aliphatic rings. The molecule has 0 spiro atoms. The molecule has 0 N–H and O–H groups in total. The maximum absolute atomic E-state index is 10.9. The monoisotopic (exact) mass is 400 g/mol. The zero-order chi connectivity index (χ0) is 14.5. The van der Waals surface area contributed by atoms with Crippen molar-refractivity contribution in [2.45, 2.75) is 19.9 Å². The molecular formula is C15H17IN2O3. The predicted molar refractivity (Wildman–Crippen MR) is 75.6 cm³/mol. The van der Waals surface area contributed by atoms with E-state index in [1.807, 2.05) is 24.5 Å². The molecule has 1 aromatic carbocycles. The maximum Gasteiger partial charge on any atom is 0.310 e. The second-order valence-corrected chi connectivity index (χ2v) is 4.47. The third-order valence-electron chi connectivity index (χ3n) is 3.05. The Kier molecular flexibility index (Phi) is 6.54. The minimum atomic E-state index is -0.440. The number of nitrogens with zero attached hydrogens (tertiary/aromatic N) is 2. The minimum absolute atomic E-state index is 0. The summed E-state index contributed by atoms with van der Waals surface area (Å²) >= 11 is 0. The second kappa shape index (κ2) is 7.92. The average molecular weight is 400 g/mol. The first-order valence-corrected chi connectivity index (χ1v) is 6.47. The highest BCUT2D eigenvalue weighted by Gasteiger charge is 2.16. The van der Waals surface area contributed by atoms with Gasteiger partial charge in [0, 0.05) is 24.1 Å². The van der Waals surface area contributed by atoms with Gasteiger partial charge in [-0.1, -0.05) is 6.92 Å². The van der Waals surface area contributed by atoms with E-state index in [9.17, 15) is 10.1 Å². The second-order valence-electron chi connectivity index (χ2n) is 4.47. The van der Waals surface area contributed by atoms with Crippen LogP contribution in [0.5, 0.6) is 5.75 Å². The van der Waals surface area contributed by atoms with Crippen LogP contribution in [0.15, 0.2) is 42.7 Å². The predicted octanol–water partition coefficient (Wildman–Crippen LogP) is -0.0281. The fourth-order valence-corrected chi connectivity index (χ4v) is 2.10. The summed E-state index contributed by atoms with van der Waals surface area (Å²) in [6, 6.07) is 8.87. The fraction of sp³-hybridized carbons (Fsp3) is 0.267. The topological polar surface area (TPSA) is 56.2 Å². The Balaban J connectivity index is 0.00000220. The first kappa shape index (κ1) is 17.4. The van der Waals surface area contributed by atoms with Crippen molar-refractivity contribution >= 4 is 5.69 Å². The van der Waals surface area contributed by atoms with Gasteiger partial charge in [-0.25, -0.2) is 4.57 Å². The normalized spacial score (nSPS) is 9.81. The molecule has 0 amide bonds. The number of hydrogen-bond donors (Lipinski definition) is 0. The summed E-state index contributed by atoms with van der Waals surface area (Å²) in [6.45, 7) is 3.06. The molecule has 0 saturated heterocycles. The van der Waals surface area contributed by atoms with Crippen LogP contribution in [0.1, 0.15) is 13.3 Å². The fourth-order valence-electron chi connectivity index (χ4n) is 2.10. The van der Waals surface area contributed by atoms with Crippen LogP contribution in [0.2, 0.25) is 0 Å². The lowest BCUT2D eigenvalue weighted by molar-refractivity contribution is -0.696. The molecule has 0 atom stereocenters. The van der Waals surface area contributed by atoms with Gasteiger partial charge in [-0.15, -0.1) is 0 Å². The summed E-state index contributed by atoms with van der Waals surface area (Å²) in [4.78, 5) is 10.4. The lowest BCUT2D eigenvalue weighted by atomic mass is 10.1. The van der Waals surface area contributed by atoms with Crippen LogP contribution in [-0.4, -0.2) is 12.0 Å². The Morgan fingerprint density at radius 2 is 2.05 bits per heavy atom. The van der Waals surface area contributed by atoms with Crippen molar-refractivity contribution in [1.82, 2.24) is 0 Å². The first-order chi connectivity index (χ1) is 9.65. The molecule has 0 aliphatic heterocycles. The standard InChI is InChI=1S/C15H17N2O3.HI/c1-3-8-16-9-4-5-13(11-16)12-6-7-14(17(18)19)15(10-12)20-2;/h4-7,9-11H,3,8H2,1-2H3;1H/q+1;/p-1. The number of nitro groups is 1. The Labute approximate surface area is 140 Å². The van der Waals surface area contributed by atoms with Gasteiger partial charge in [0.2, 0.25) is 0 Å². The van der Waals surface area contributed by atoms with Gasteiger partial charge in [0.15, 0.2) is 18.1 Å². The van der Waals surface area contributed by atoms with Crippen LogP contribution in [0.3, 0.4) is 0 Å². The Morgan fingerprint density at radius 1 is 1.29 bits per heavy atom. The van der Waals surface area contributed by atoms with Gasteiger partial charge in [0.1, 0.15) is 6.54 Å². The molecule has 0 unspecified atom stereocenters. The molecule has 0 fully saturated rings. The van der Waals surface area contributed by atoms with E-state index in [4.69, 9.17) is 4.74 Å². The summed E-state index contributed by atoms with van der Waals surface area (Å²) in [6.07, 6.45) is 5.09. The van der Waals surface area contributed by atoms with Crippen molar-refractivity contribution in [1.29, 1.82) is 0 Å². The minimum Gasteiger partial charge on any atom is -1.00 e. The molecule has 2 rings (SSSR count). The third kappa shape index (κ3) is 4.13. The van der Waals surface area contributed by atoms with E-state index in [1.54, 1.807) is 12.1 Å². The van der Waals surface area contributed by atoms with E-state index in [0.717, 1.165) is 24.1 Å². The highest BCUT2D eigenvalue weighted by atomic mass is 127. The third-order valence-corrected chi connectivity index (χ3v) is 3.05. The van der Waals surface area contributed by atoms with Crippen LogP contribution < -0.4 is 33.3 Å². The smallest absolute Gasteiger partial charge is 0.310 e. The lowest BCUT2D eigenvalue weighted by Gasteiger charge is -2.05. The molecule has 0 bridgehead atoms. The van der Waals surface area contributed by atoms with Crippen molar-refractivity contribution in [2.75, 3.05) is 7.11 Å². The number of rotatable bonds is 5. The molecule has 6 heteroatoms. The molecule has 0 saturated carbocycles. The molecule has 2 aromatic rings. The van der Waals surface area contributed by atoms with E-state index in [-0.39, 0.29) is 35.4 Å². The highest BCUT2D eigenvalue weighted by Crippen LogP contribution is 2.31. The number of aromatic nitrogens is 1.